The van der Waals surface area contributed by atoms with E-state index < -0.39 is 5.97 Å². The van der Waals surface area contributed by atoms with Crippen molar-refractivity contribution in [2.24, 2.45) is 7.05 Å². The van der Waals surface area contributed by atoms with Gasteiger partial charge in [-0.15, -0.1) is 0 Å². The average molecular weight is 537 g/mol. The maximum atomic E-state index is 13.7. The maximum absolute atomic E-state index is 13.7. The summed E-state index contributed by atoms with van der Waals surface area (Å²) in [6, 6.07) is 22.8. The van der Waals surface area contributed by atoms with Gasteiger partial charge in [-0.3, -0.25) is 14.5 Å². The van der Waals surface area contributed by atoms with Crippen LogP contribution in [0.1, 0.15) is 21.5 Å². The highest BCUT2D eigenvalue weighted by Gasteiger charge is 2.20. The number of benzene rings is 3. The van der Waals surface area contributed by atoms with Crippen LogP contribution in [0.15, 0.2) is 97.5 Å². The van der Waals surface area contributed by atoms with Crippen LogP contribution in [0.5, 0.6) is 0 Å². The number of hydrogen-bond donors (Lipinski definition) is 0. The van der Waals surface area contributed by atoms with E-state index in [0.29, 0.717) is 21.8 Å². The Morgan fingerprint density at radius 2 is 1.74 bits per heavy atom. The van der Waals surface area contributed by atoms with Crippen LogP contribution in [-0.2, 0) is 23.1 Å². The highest BCUT2D eigenvalue weighted by atomic mass is 35.5. The third kappa shape index (κ3) is 5.73. The molecule has 0 saturated heterocycles. The normalized spacial score (nSPS) is 11.2. The van der Waals surface area contributed by atoms with Crippen LogP contribution >= 0.6 is 11.6 Å². The molecular weight excluding hydrogens is 512 g/mol. The number of anilines is 1. The number of hydrogen-bond acceptors (Lipinski definition) is 5. The average Bonchev–Trinajstić information content (AvgIpc) is 3.35. The number of esters is 1. The Hall–Kier alpha value is -4.75. The summed E-state index contributed by atoms with van der Waals surface area (Å²) >= 11 is 6.78. The molecule has 0 aliphatic heterocycles. The molecule has 0 aliphatic rings. The van der Waals surface area contributed by atoms with Crippen LogP contribution in [0, 0.1) is 0 Å². The summed E-state index contributed by atoms with van der Waals surface area (Å²) in [7, 11) is 3.23. The summed E-state index contributed by atoms with van der Waals surface area (Å²) in [5.41, 5.74) is 5.57. The van der Waals surface area contributed by atoms with Gasteiger partial charge in [0.05, 0.1) is 37.3 Å². The first-order chi connectivity index (χ1) is 18.9. The van der Waals surface area contributed by atoms with Crippen molar-refractivity contribution in [2.75, 3.05) is 12.0 Å². The van der Waals surface area contributed by atoms with E-state index in [0.717, 1.165) is 27.6 Å². The number of pyridine rings is 1. The van der Waals surface area contributed by atoms with Crippen molar-refractivity contribution in [3.8, 4) is 11.1 Å². The monoisotopic (exact) mass is 536 g/mol. The zero-order valence-corrected chi connectivity index (χ0v) is 22.2. The molecule has 2 heterocycles. The molecule has 0 N–H and O–H groups in total. The predicted molar refractivity (Wildman–Crippen MR) is 153 cm³/mol. The Morgan fingerprint density at radius 1 is 0.974 bits per heavy atom. The van der Waals surface area contributed by atoms with Gasteiger partial charge in [-0.25, -0.2) is 4.79 Å². The van der Waals surface area contributed by atoms with Crippen molar-refractivity contribution >= 4 is 46.1 Å². The standard InChI is InChI=1S/C31H25ClN4O3/c1-35-29-12-11-23(15-26(29)18-34-35)24-9-10-25(28(32)16-24)20-36(31(38)22-6-4-3-5-7-22)27-14-21(17-33-19-27)8-13-30(37)39-2/h3-19H,20H2,1-2H3/b13-8+. The molecule has 0 spiro atoms. The minimum Gasteiger partial charge on any atom is -0.466 e. The molecule has 5 aromatic rings. The fourth-order valence-electron chi connectivity index (χ4n) is 4.30. The molecule has 2 aromatic heterocycles. The number of nitrogens with zero attached hydrogens (tertiary/aromatic N) is 4. The Bertz CT molecular complexity index is 1700. The SMILES string of the molecule is COC(=O)/C=C/c1cncc(N(Cc2ccc(-c3ccc4c(cnn4C)c3)cc2Cl)C(=O)c2ccccc2)c1. The van der Waals surface area contributed by atoms with Gasteiger partial charge in [-0.1, -0.05) is 48.0 Å². The number of halogens is 1. The molecule has 0 aliphatic carbocycles. The second-order valence-corrected chi connectivity index (χ2v) is 9.35. The molecule has 0 unspecified atom stereocenters. The predicted octanol–water partition coefficient (Wildman–Crippen LogP) is 6.32. The van der Waals surface area contributed by atoms with E-state index in [4.69, 9.17) is 11.6 Å². The van der Waals surface area contributed by atoms with Crippen LogP contribution in [0.3, 0.4) is 0 Å². The second-order valence-electron chi connectivity index (χ2n) is 8.94. The molecule has 0 saturated carbocycles. The number of amides is 1. The van der Waals surface area contributed by atoms with Crippen molar-refractivity contribution < 1.29 is 14.3 Å². The molecule has 0 fully saturated rings. The fourth-order valence-corrected chi connectivity index (χ4v) is 4.54. The zero-order chi connectivity index (χ0) is 27.4. The van der Waals surface area contributed by atoms with Gasteiger partial charge in [0, 0.05) is 35.3 Å². The van der Waals surface area contributed by atoms with Gasteiger partial charge < -0.3 is 9.64 Å². The topological polar surface area (TPSA) is 77.3 Å². The van der Waals surface area contributed by atoms with E-state index in [9.17, 15) is 9.59 Å². The smallest absolute Gasteiger partial charge is 0.330 e. The van der Waals surface area contributed by atoms with E-state index in [2.05, 4.69) is 20.9 Å². The van der Waals surface area contributed by atoms with Crippen molar-refractivity contribution in [3.05, 3.63) is 119 Å². The molecular formula is C31H25ClN4O3. The highest BCUT2D eigenvalue weighted by Crippen LogP contribution is 2.30. The van der Waals surface area contributed by atoms with Gasteiger partial charge in [0.1, 0.15) is 0 Å². The van der Waals surface area contributed by atoms with Crippen molar-refractivity contribution in [1.29, 1.82) is 0 Å². The Morgan fingerprint density at radius 3 is 2.51 bits per heavy atom. The van der Waals surface area contributed by atoms with Crippen LogP contribution in [-0.4, -0.2) is 33.8 Å². The van der Waals surface area contributed by atoms with Crippen molar-refractivity contribution in [1.82, 2.24) is 14.8 Å². The van der Waals surface area contributed by atoms with Gasteiger partial charge >= 0.3 is 5.97 Å². The third-order valence-electron chi connectivity index (χ3n) is 6.40. The summed E-state index contributed by atoms with van der Waals surface area (Å²) in [5, 5.41) is 5.90. The molecule has 1 amide bonds. The number of aromatic nitrogens is 3. The van der Waals surface area contributed by atoms with Crippen molar-refractivity contribution in [3.63, 3.8) is 0 Å². The lowest BCUT2D eigenvalue weighted by molar-refractivity contribution is -0.134. The maximum Gasteiger partial charge on any atom is 0.330 e. The minimum atomic E-state index is -0.479. The largest absolute Gasteiger partial charge is 0.466 e. The van der Waals surface area contributed by atoms with Gasteiger partial charge in [0.2, 0.25) is 0 Å². The van der Waals surface area contributed by atoms with E-state index in [-0.39, 0.29) is 12.5 Å². The number of carbonyl (C=O) groups is 2. The summed E-state index contributed by atoms with van der Waals surface area (Å²) in [6.07, 6.45) is 7.96. The zero-order valence-electron chi connectivity index (χ0n) is 21.4. The number of aryl methyl sites for hydroxylation is 1. The van der Waals surface area contributed by atoms with Crippen LogP contribution in [0.2, 0.25) is 5.02 Å². The summed E-state index contributed by atoms with van der Waals surface area (Å²) < 4.78 is 6.51. The molecule has 8 heteroatoms. The highest BCUT2D eigenvalue weighted by molar-refractivity contribution is 6.31. The number of methoxy groups -OCH3 is 1. The van der Waals surface area contributed by atoms with Crippen LogP contribution in [0.4, 0.5) is 5.69 Å². The molecule has 5 rings (SSSR count). The van der Waals surface area contributed by atoms with Gasteiger partial charge in [-0.2, -0.15) is 5.10 Å². The summed E-state index contributed by atoms with van der Waals surface area (Å²) in [5.74, 6) is -0.680. The first kappa shape index (κ1) is 25.9. The molecule has 7 nitrogen and oxygen atoms in total. The second kappa shape index (κ2) is 11.3. The molecule has 0 bridgehead atoms. The molecule has 3 aromatic carbocycles. The first-order valence-electron chi connectivity index (χ1n) is 12.2. The first-order valence-corrected chi connectivity index (χ1v) is 12.6. The summed E-state index contributed by atoms with van der Waals surface area (Å²) in [6.45, 7) is 0.223. The molecule has 0 atom stereocenters. The number of carbonyl (C=O) groups excluding carboxylic acids is 2. The minimum absolute atomic E-state index is 0.200. The Balaban J connectivity index is 1.48. The van der Waals surface area contributed by atoms with E-state index >= 15 is 0 Å². The lowest BCUT2D eigenvalue weighted by Gasteiger charge is -2.24. The van der Waals surface area contributed by atoms with Gasteiger partial charge in [0.15, 0.2) is 0 Å². The summed E-state index contributed by atoms with van der Waals surface area (Å²) in [4.78, 5) is 31.1. The van der Waals surface area contributed by atoms with E-state index in [1.807, 2.05) is 66.5 Å². The molecule has 39 heavy (non-hydrogen) atoms. The fraction of sp³-hybridized carbons (Fsp3) is 0.0968. The number of fused-ring (bicyclic) bond motifs is 1. The lowest BCUT2D eigenvalue weighted by atomic mass is 10.0. The lowest BCUT2D eigenvalue weighted by Crippen LogP contribution is -2.30. The van der Waals surface area contributed by atoms with Gasteiger partial charge in [-0.05, 0) is 64.7 Å². The van der Waals surface area contributed by atoms with Crippen molar-refractivity contribution in [2.45, 2.75) is 6.54 Å². The quantitative estimate of drug-likeness (QED) is 0.180. The number of ether oxygens (including phenoxy) is 1. The molecule has 194 valence electrons. The Kier molecular flexibility index (Phi) is 7.52. The van der Waals surface area contributed by atoms with E-state index in [1.165, 1.54) is 13.2 Å². The molecule has 0 radical (unpaired) electrons. The van der Waals surface area contributed by atoms with E-state index in [1.54, 1.807) is 41.6 Å². The number of rotatable bonds is 7. The Labute approximate surface area is 230 Å². The van der Waals surface area contributed by atoms with Gasteiger partial charge in [0.25, 0.3) is 5.91 Å². The van der Waals surface area contributed by atoms with Crippen LogP contribution < -0.4 is 4.90 Å². The third-order valence-corrected chi connectivity index (χ3v) is 6.75. The van der Waals surface area contributed by atoms with Crippen LogP contribution in [0.25, 0.3) is 28.1 Å².